The molecular formula is C37H40BrClN6O5. The third kappa shape index (κ3) is 10.3. The van der Waals surface area contributed by atoms with E-state index in [9.17, 15) is 19.2 Å². The molecule has 3 amide bonds. The van der Waals surface area contributed by atoms with Gasteiger partial charge in [0.25, 0.3) is 5.91 Å². The number of hydrogen-bond acceptors (Lipinski definition) is 6. The number of amides is 3. The summed E-state index contributed by atoms with van der Waals surface area (Å²) in [5.74, 6) is -1.68. The number of carbonyl (C=O) groups is 4. The minimum Gasteiger partial charge on any atom is -0.425 e. The SMILES string of the molecule is Cl.NC(N)=NCCC[C@H](NC(=O)[C@H](Cc1ccccc1)NC(=O)[C@@H]1CCCN1C(=O)c1ccccc1)C(=O)Oc1ccc2cc(Br)ccc2c1. The van der Waals surface area contributed by atoms with Crippen LogP contribution in [-0.2, 0) is 20.8 Å². The molecule has 5 rings (SSSR count). The van der Waals surface area contributed by atoms with Crippen LogP contribution in [0.4, 0.5) is 0 Å². The van der Waals surface area contributed by atoms with Gasteiger partial charge in [0.2, 0.25) is 11.8 Å². The molecule has 0 saturated carbocycles. The number of guanidine groups is 1. The molecule has 0 spiro atoms. The molecule has 13 heteroatoms. The zero-order chi connectivity index (χ0) is 34.8. The highest BCUT2D eigenvalue weighted by atomic mass is 79.9. The van der Waals surface area contributed by atoms with Crippen molar-refractivity contribution in [1.82, 2.24) is 15.5 Å². The molecule has 11 nitrogen and oxygen atoms in total. The summed E-state index contributed by atoms with van der Waals surface area (Å²) in [6.07, 6.45) is 1.83. The summed E-state index contributed by atoms with van der Waals surface area (Å²) < 4.78 is 6.68. The van der Waals surface area contributed by atoms with E-state index in [1.165, 1.54) is 0 Å². The summed E-state index contributed by atoms with van der Waals surface area (Å²) in [6, 6.07) is 26.2. The van der Waals surface area contributed by atoms with Crippen molar-refractivity contribution in [2.24, 2.45) is 16.5 Å². The standard InChI is InChI=1S/C37H39BrN6O5.ClH/c38-28-17-15-27-23-29(18-16-26(27)22-28)49-36(48)30(13-7-19-41-37(39)40)42-33(45)31(21-24-9-3-1-4-10-24)43-34(46)32-14-8-20-44(32)35(47)25-11-5-2-6-12-25;/h1-6,9-12,15-18,22-23,30-32H,7-8,13-14,19-21H2,(H,42,45)(H,43,46)(H4,39,40,41);1H/t30-,31-,32-;/m0./s1. The first-order chi connectivity index (χ1) is 23.7. The normalized spacial score (nSPS) is 14.9. The smallest absolute Gasteiger partial charge is 0.334 e. The van der Waals surface area contributed by atoms with Gasteiger partial charge in [-0.05, 0) is 78.4 Å². The number of aliphatic imine (C=N–C) groups is 1. The van der Waals surface area contributed by atoms with Crippen LogP contribution in [0.5, 0.6) is 5.75 Å². The highest BCUT2D eigenvalue weighted by molar-refractivity contribution is 9.10. The number of nitrogens with two attached hydrogens (primary N) is 2. The zero-order valence-corrected chi connectivity index (χ0v) is 29.7. The van der Waals surface area contributed by atoms with Gasteiger partial charge in [-0.3, -0.25) is 19.4 Å². The fourth-order valence-corrected chi connectivity index (χ4v) is 6.20. The van der Waals surface area contributed by atoms with Crippen LogP contribution in [0.15, 0.2) is 107 Å². The van der Waals surface area contributed by atoms with E-state index in [0.29, 0.717) is 37.1 Å². The lowest BCUT2D eigenvalue weighted by Gasteiger charge is -2.27. The number of nitrogens with one attached hydrogen (secondary N) is 2. The molecule has 3 atom stereocenters. The molecule has 4 aromatic rings. The Kier molecular flexibility index (Phi) is 13.8. The summed E-state index contributed by atoms with van der Waals surface area (Å²) in [6.45, 7) is 0.668. The Balaban J connectivity index is 0.00000562. The first kappa shape index (κ1) is 37.9. The Hall–Kier alpha value is -4.94. The van der Waals surface area contributed by atoms with Crippen molar-refractivity contribution in [3.8, 4) is 5.75 Å². The third-order valence-electron chi connectivity index (χ3n) is 8.29. The quantitative estimate of drug-likeness (QED) is 0.0511. The first-order valence-electron chi connectivity index (χ1n) is 16.1. The maximum atomic E-state index is 14.0. The Morgan fingerprint density at radius 1 is 0.880 bits per heavy atom. The number of esters is 1. The molecule has 1 saturated heterocycles. The number of benzene rings is 4. The number of halogens is 2. The van der Waals surface area contributed by atoms with Gasteiger partial charge < -0.3 is 31.7 Å². The average Bonchev–Trinajstić information content (AvgIpc) is 3.60. The second kappa shape index (κ2) is 18.2. The second-order valence-electron chi connectivity index (χ2n) is 11.9. The van der Waals surface area contributed by atoms with Crippen LogP contribution in [0.2, 0.25) is 0 Å². The van der Waals surface area contributed by atoms with Crippen LogP contribution in [-0.4, -0.2) is 65.8 Å². The van der Waals surface area contributed by atoms with Gasteiger partial charge in [-0.15, -0.1) is 12.4 Å². The van der Waals surface area contributed by atoms with Crippen molar-refractivity contribution >= 4 is 68.8 Å². The van der Waals surface area contributed by atoms with E-state index in [1.807, 2.05) is 60.7 Å². The second-order valence-corrected chi connectivity index (χ2v) is 12.8. The Morgan fingerprint density at radius 3 is 2.28 bits per heavy atom. The number of likely N-dealkylation sites (tertiary alicyclic amines) is 1. The molecule has 0 aliphatic carbocycles. The van der Waals surface area contributed by atoms with E-state index in [0.717, 1.165) is 20.8 Å². The molecule has 0 radical (unpaired) electrons. The van der Waals surface area contributed by atoms with Gasteiger partial charge >= 0.3 is 5.97 Å². The highest BCUT2D eigenvalue weighted by Gasteiger charge is 2.37. The van der Waals surface area contributed by atoms with Crippen molar-refractivity contribution < 1.29 is 23.9 Å². The van der Waals surface area contributed by atoms with Gasteiger partial charge in [0.1, 0.15) is 23.9 Å². The molecule has 0 aromatic heterocycles. The monoisotopic (exact) mass is 762 g/mol. The molecule has 0 bridgehead atoms. The van der Waals surface area contributed by atoms with Crippen molar-refractivity contribution in [3.63, 3.8) is 0 Å². The van der Waals surface area contributed by atoms with Crippen LogP contribution >= 0.6 is 28.3 Å². The minimum absolute atomic E-state index is 0. The fraction of sp³-hybridized carbons (Fsp3) is 0.270. The maximum absolute atomic E-state index is 14.0. The topological polar surface area (TPSA) is 169 Å². The zero-order valence-electron chi connectivity index (χ0n) is 27.3. The van der Waals surface area contributed by atoms with Gasteiger partial charge in [0.05, 0.1) is 0 Å². The van der Waals surface area contributed by atoms with Crippen LogP contribution in [0.1, 0.15) is 41.6 Å². The molecule has 262 valence electrons. The lowest BCUT2D eigenvalue weighted by molar-refractivity contribution is -0.140. The van der Waals surface area contributed by atoms with Gasteiger partial charge in [-0.2, -0.15) is 0 Å². The van der Waals surface area contributed by atoms with Crippen molar-refractivity contribution in [2.75, 3.05) is 13.1 Å². The average molecular weight is 764 g/mol. The van der Waals surface area contributed by atoms with Crippen LogP contribution in [0.3, 0.4) is 0 Å². The van der Waals surface area contributed by atoms with Gasteiger partial charge in [0.15, 0.2) is 5.96 Å². The van der Waals surface area contributed by atoms with E-state index in [4.69, 9.17) is 16.2 Å². The molecule has 1 heterocycles. The Bertz CT molecular complexity index is 1820. The largest absolute Gasteiger partial charge is 0.425 e. The summed E-state index contributed by atoms with van der Waals surface area (Å²) in [7, 11) is 0. The highest BCUT2D eigenvalue weighted by Crippen LogP contribution is 2.25. The van der Waals surface area contributed by atoms with Crippen LogP contribution < -0.4 is 26.8 Å². The van der Waals surface area contributed by atoms with Gasteiger partial charge in [0, 0.05) is 29.5 Å². The van der Waals surface area contributed by atoms with E-state index in [2.05, 4.69) is 31.6 Å². The number of hydrogen-bond donors (Lipinski definition) is 4. The van der Waals surface area contributed by atoms with E-state index >= 15 is 0 Å². The number of nitrogens with zero attached hydrogens (tertiary/aromatic N) is 2. The fourth-order valence-electron chi connectivity index (χ4n) is 5.83. The number of carbonyl (C=O) groups excluding carboxylic acids is 4. The summed E-state index contributed by atoms with van der Waals surface area (Å²) in [4.78, 5) is 60.1. The van der Waals surface area contributed by atoms with E-state index < -0.39 is 35.9 Å². The Morgan fingerprint density at radius 2 is 1.56 bits per heavy atom. The molecule has 0 unspecified atom stereocenters. The minimum atomic E-state index is -1.07. The van der Waals surface area contributed by atoms with E-state index in [-0.39, 0.29) is 43.7 Å². The Labute approximate surface area is 305 Å². The molecule has 6 N–H and O–H groups in total. The predicted octanol–water partition coefficient (Wildman–Crippen LogP) is 4.50. The maximum Gasteiger partial charge on any atom is 0.334 e. The van der Waals surface area contributed by atoms with Crippen molar-refractivity contribution in [2.45, 2.75) is 50.2 Å². The summed E-state index contributed by atoms with van der Waals surface area (Å²) in [5.41, 5.74) is 12.3. The third-order valence-corrected chi connectivity index (χ3v) is 8.78. The summed E-state index contributed by atoms with van der Waals surface area (Å²) >= 11 is 3.46. The molecular weight excluding hydrogens is 724 g/mol. The molecule has 1 fully saturated rings. The van der Waals surface area contributed by atoms with Crippen molar-refractivity contribution in [1.29, 1.82) is 0 Å². The lowest BCUT2D eigenvalue weighted by atomic mass is 10.0. The molecule has 1 aliphatic heterocycles. The molecule has 50 heavy (non-hydrogen) atoms. The van der Waals surface area contributed by atoms with Crippen molar-refractivity contribution in [3.05, 3.63) is 113 Å². The van der Waals surface area contributed by atoms with Crippen LogP contribution in [0, 0.1) is 0 Å². The van der Waals surface area contributed by atoms with Gasteiger partial charge in [-0.25, -0.2) is 4.79 Å². The number of rotatable bonds is 13. The number of ether oxygens (including phenoxy) is 1. The van der Waals surface area contributed by atoms with Crippen LogP contribution in [0.25, 0.3) is 10.8 Å². The summed E-state index contributed by atoms with van der Waals surface area (Å²) in [5, 5.41) is 7.54. The predicted molar refractivity (Wildman–Crippen MR) is 199 cm³/mol. The van der Waals surface area contributed by atoms with Gasteiger partial charge in [-0.1, -0.05) is 76.6 Å². The van der Waals surface area contributed by atoms with E-state index in [1.54, 1.807) is 41.3 Å². The molecule has 4 aromatic carbocycles. The lowest BCUT2D eigenvalue weighted by Crippen LogP contribution is -2.56. The molecule has 1 aliphatic rings. The first-order valence-corrected chi connectivity index (χ1v) is 16.9. The number of fused-ring (bicyclic) bond motifs is 1.